The van der Waals surface area contributed by atoms with Gasteiger partial charge in [0.05, 0.1) is 11.4 Å². The van der Waals surface area contributed by atoms with Crippen molar-refractivity contribution in [2.45, 2.75) is 33.6 Å². The van der Waals surface area contributed by atoms with Crippen LogP contribution in [0, 0.1) is 0 Å². The van der Waals surface area contributed by atoms with Crippen LogP contribution < -0.4 is 11.1 Å². The zero-order valence-corrected chi connectivity index (χ0v) is 12.2. The van der Waals surface area contributed by atoms with E-state index in [1.54, 1.807) is 0 Å². The van der Waals surface area contributed by atoms with E-state index in [2.05, 4.69) is 22.4 Å². The van der Waals surface area contributed by atoms with Gasteiger partial charge >= 0.3 is 0 Å². The molecule has 0 saturated carbocycles. The highest BCUT2D eigenvalue weighted by molar-refractivity contribution is 7.21. The lowest BCUT2D eigenvalue weighted by atomic mass is 10.1. The molecule has 3 N–H and O–H groups in total. The van der Waals surface area contributed by atoms with Crippen LogP contribution in [0.15, 0.2) is 0 Å². The van der Waals surface area contributed by atoms with E-state index in [4.69, 9.17) is 5.73 Å². The molecule has 19 heavy (non-hydrogen) atoms. The summed E-state index contributed by atoms with van der Waals surface area (Å²) in [5, 5.41) is 12.1. The molecule has 102 valence electrons. The number of nitrogen functional groups attached to an aromatic ring is 1. The Balaban J connectivity index is 2.67. The number of fused-ring (bicyclic) bond motifs is 1. The van der Waals surface area contributed by atoms with Crippen LogP contribution in [0.1, 0.15) is 41.7 Å². The first-order chi connectivity index (χ1) is 9.13. The molecule has 0 unspecified atom stereocenters. The Kier molecular flexibility index (Phi) is 3.99. The van der Waals surface area contributed by atoms with E-state index in [9.17, 15) is 4.79 Å². The number of carbonyl (C=O) groups is 1. The van der Waals surface area contributed by atoms with Crippen LogP contribution in [0.5, 0.6) is 0 Å². The fraction of sp³-hybridized carbons (Fsp3) is 0.462. The molecule has 2 aromatic heterocycles. The Hall–Kier alpha value is -1.69. The topological polar surface area (TPSA) is 80.9 Å². The van der Waals surface area contributed by atoms with Gasteiger partial charge in [0, 0.05) is 11.9 Å². The maximum Gasteiger partial charge on any atom is 0.263 e. The zero-order chi connectivity index (χ0) is 14.0. The Morgan fingerprint density at radius 2 is 2.00 bits per heavy atom. The zero-order valence-electron chi connectivity index (χ0n) is 11.4. The Morgan fingerprint density at radius 3 is 2.58 bits per heavy atom. The maximum absolute atomic E-state index is 12.0. The molecule has 2 aromatic rings. The van der Waals surface area contributed by atoms with Crippen molar-refractivity contribution in [1.29, 1.82) is 0 Å². The average Bonchev–Trinajstić information content (AvgIpc) is 2.75. The van der Waals surface area contributed by atoms with Gasteiger partial charge in [-0.15, -0.1) is 16.4 Å². The number of hydrogen-bond donors (Lipinski definition) is 2. The third-order valence-electron chi connectivity index (χ3n) is 3.07. The van der Waals surface area contributed by atoms with Crippen molar-refractivity contribution in [2.24, 2.45) is 0 Å². The highest BCUT2D eigenvalue weighted by Gasteiger charge is 2.20. The minimum absolute atomic E-state index is 0.136. The van der Waals surface area contributed by atoms with Crippen molar-refractivity contribution in [3.63, 3.8) is 0 Å². The van der Waals surface area contributed by atoms with Crippen molar-refractivity contribution in [3.05, 3.63) is 16.1 Å². The molecular weight excluding hydrogens is 260 g/mol. The van der Waals surface area contributed by atoms with Gasteiger partial charge < -0.3 is 11.1 Å². The van der Waals surface area contributed by atoms with E-state index in [1.807, 2.05) is 13.8 Å². The summed E-state index contributed by atoms with van der Waals surface area (Å²) in [7, 11) is 0. The van der Waals surface area contributed by atoms with Crippen molar-refractivity contribution in [1.82, 2.24) is 15.5 Å². The van der Waals surface area contributed by atoms with Crippen molar-refractivity contribution >= 4 is 33.1 Å². The standard InChI is InChI=1S/C13H18N4OS/c1-4-7-8(5-2)16-17-13-9(7)10(14)11(19-13)12(18)15-6-3/h4-6,14H2,1-3H3,(H,15,18). The number of rotatable bonds is 4. The summed E-state index contributed by atoms with van der Waals surface area (Å²) in [5.41, 5.74) is 8.75. The molecule has 0 spiro atoms. The van der Waals surface area contributed by atoms with Crippen molar-refractivity contribution in [3.8, 4) is 0 Å². The van der Waals surface area contributed by atoms with Crippen LogP contribution in [-0.4, -0.2) is 22.6 Å². The van der Waals surface area contributed by atoms with Crippen LogP contribution in [0.2, 0.25) is 0 Å². The number of nitrogens with two attached hydrogens (primary N) is 1. The van der Waals surface area contributed by atoms with Gasteiger partial charge in [0.2, 0.25) is 0 Å². The smallest absolute Gasteiger partial charge is 0.263 e. The number of hydrogen-bond acceptors (Lipinski definition) is 5. The largest absolute Gasteiger partial charge is 0.397 e. The van der Waals surface area contributed by atoms with E-state index >= 15 is 0 Å². The molecule has 0 radical (unpaired) electrons. The van der Waals surface area contributed by atoms with Gasteiger partial charge in [0.1, 0.15) is 9.71 Å². The summed E-state index contributed by atoms with van der Waals surface area (Å²) < 4.78 is 0. The fourth-order valence-corrected chi connectivity index (χ4v) is 3.17. The Morgan fingerprint density at radius 1 is 1.26 bits per heavy atom. The summed E-state index contributed by atoms with van der Waals surface area (Å²) in [6.45, 7) is 6.58. The SMILES string of the molecule is CCNC(=O)c1sc2nnc(CC)c(CC)c2c1N. The van der Waals surface area contributed by atoms with Crippen LogP contribution in [0.4, 0.5) is 5.69 Å². The van der Waals surface area contributed by atoms with E-state index in [-0.39, 0.29) is 5.91 Å². The predicted molar refractivity (Wildman–Crippen MR) is 78.6 cm³/mol. The fourth-order valence-electron chi connectivity index (χ4n) is 2.18. The second kappa shape index (κ2) is 5.52. The van der Waals surface area contributed by atoms with E-state index in [0.29, 0.717) is 17.1 Å². The molecule has 2 rings (SSSR count). The van der Waals surface area contributed by atoms with E-state index in [0.717, 1.165) is 34.3 Å². The van der Waals surface area contributed by atoms with Gasteiger partial charge in [0.15, 0.2) is 0 Å². The van der Waals surface area contributed by atoms with Crippen molar-refractivity contribution < 1.29 is 4.79 Å². The quantitative estimate of drug-likeness (QED) is 0.898. The monoisotopic (exact) mass is 278 g/mol. The Labute approximate surface area is 116 Å². The van der Waals surface area contributed by atoms with Gasteiger partial charge in [-0.1, -0.05) is 13.8 Å². The normalized spacial score (nSPS) is 10.9. The first-order valence-electron chi connectivity index (χ1n) is 6.48. The third-order valence-corrected chi connectivity index (χ3v) is 4.16. The molecule has 0 atom stereocenters. The van der Waals surface area contributed by atoms with E-state index in [1.165, 1.54) is 11.3 Å². The summed E-state index contributed by atoms with van der Waals surface area (Å²) in [4.78, 5) is 13.2. The van der Waals surface area contributed by atoms with Crippen LogP contribution in [-0.2, 0) is 12.8 Å². The van der Waals surface area contributed by atoms with Crippen LogP contribution in [0.3, 0.4) is 0 Å². The molecule has 0 aliphatic carbocycles. The number of amides is 1. The summed E-state index contributed by atoms with van der Waals surface area (Å²) in [5.74, 6) is -0.136. The van der Waals surface area contributed by atoms with Gasteiger partial charge in [-0.3, -0.25) is 4.79 Å². The first-order valence-corrected chi connectivity index (χ1v) is 7.30. The number of nitrogens with zero attached hydrogens (tertiary/aromatic N) is 2. The lowest BCUT2D eigenvalue weighted by Crippen LogP contribution is -2.22. The molecule has 1 amide bonds. The summed E-state index contributed by atoms with van der Waals surface area (Å²) >= 11 is 1.31. The van der Waals surface area contributed by atoms with Gasteiger partial charge in [-0.05, 0) is 25.3 Å². The second-order valence-corrected chi connectivity index (χ2v) is 5.22. The molecule has 0 saturated heterocycles. The minimum atomic E-state index is -0.136. The minimum Gasteiger partial charge on any atom is -0.397 e. The predicted octanol–water partition coefficient (Wildman–Crippen LogP) is 2.15. The summed E-state index contributed by atoms with van der Waals surface area (Å²) in [6, 6.07) is 0. The number of thiophene rings is 1. The van der Waals surface area contributed by atoms with Crippen LogP contribution in [0.25, 0.3) is 10.2 Å². The molecule has 2 heterocycles. The summed E-state index contributed by atoms with van der Waals surface area (Å²) in [6.07, 6.45) is 1.66. The van der Waals surface area contributed by atoms with Gasteiger partial charge in [-0.2, -0.15) is 5.10 Å². The molecule has 5 nitrogen and oxygen atoms in total. The molecule has 0 aromatic carbocycles. The lowest BCUT2D eigenvalue weighted by molar-refractivity contribution is 0.0960. The number of carbonyl (C=O) groups excluding carboxylic acids is 1. The molecular formula is C13H18N4OS. The van der Waals surface area contributed by atoms with Gasteiger partial charge in [0.25, 0.3) is 5.91 Å². The molecule has 0 aliphatic rings. The van der Waals surface area contributed by atoms with Crippen molar-refractivity contribution in [2.75, 3.05) is 12.3 Å². The number of nitrogens with one attached hydrogen (secondary N) is 1. The molecule has 6 heteroatoms. The first kappa shape index (κ1) is 13.7. The number of aromatic nitrogens is 2. The molecule has 0 aliphatic heterocycles. The lowest BCUT2D eigenvalue weighted by Gasteiger charge is -2.06. The third kappa shape index (κ3) is 2.28. The van der Waals surface area contributed by atoms with Crippen LogP contribution >= 0.6 is 11.3 Å². The number of anilines is 1. The highest BCUT2D eigenvalue weighted by atomic mass is 32.1. The molecule has 0 fully saturated rings. The maximum atomic E-state index is 12.0. The van der Waals surface area contributed by atoms with E-state index < -0.39 is 0 Å². The second-order valence-electron chi connectivity index (χ2n) is 4.22. The van der Waals surface area contributed by atoms with Gasteiger partial charge in [-0.25, -0.2) is 0 Å². The Bertz CT molecular complexity index is 621. The average molecular weight is 278 g/mol. The molecule has 0 bridgehead atoms. The number of aryl methyl sites for hydroxylation is 2. The highest BCUT2D eigenvalue weighted by Crippen LogP contribution is 2.35.